The summed E-state index contributed by atoms with van der Waals surface area (Å²) in [7, 11) is 0. The molecule has 0 spiro atoms. The number of hydrogen-bond donors (Lipinski definition) is 2. The highest BCUT2D eigenvalue weighted by Gasteiger charge is 2.39. The summed E-state index contributed by atoms with van der Waals surface area (Å²) < 4.78 is 11.1. The van der Waals surface area contributed by atoms with Crippen LogP contribution in [0.2, 0.25) is 0 Å². The predicted octanol–water partition coefficient (Wildman–Crippen LogP) is 2.83. The zero-order valence-corrected chi connectivity index (χ0v) is 14.1. The first-order valence-electron chi connectivity index (χ1n) is 8.32. The molecule has 0 unspecified atom stereocenters. The Morgan fingerprint density at radius 1 is 1.42 bits per heavy atom. The summed E-state index contributed by atoms with van der Waals surface area (Å²) in [6.45, 7) is 7.53. The first-order chi connectivity index (χ1) is 11.3. The summed E-state index contributed by atoms with van der Waals surface area (Å²) in [5.41, 5.74) is 0.197. The average Bonchev–Trinajstić information content (AvgIpc) is 3.08. The Morgan fingerprint density at radius 2 is 2.17 bits per heavy atom. The molecule has 0 aromatic carbocycles. The lowest BCUT2D eigenvalue weighted by molar-refractivity contribution is -0.145. The maximum Gasteiger partial charge on any atom is 0.334 e. The largest absolute Gasteiger partial charge is 0.463 e. The molecule has 4 bridgehead atoms. The van der Waals surface area contributed by atoms with Crippen molar-refractivity contribution in [3.05, 3.63) is 47.5 Å². The van der Waals surface area contributed by atoms with Gasteiger partial charge in [-0.25, -0.2) is 4.79 Å². The van der Waals surface area contributed by atoms with Crippen molar-refractivity contribution in [3.63, 3.8) is 0 Å². The van der Waals surface area contributed by atoms with Crippen LogP contribution < -0.4 is 0 Å². The van der Waals surface area contributed by atoms with Crippen LogP contribution in [-0.2, 0) is 16.0 Å². The summed E-state index contributed by atoms with van der Waals surface area (Å²) in [5.74, 6) is 0.910. The fourth-order valence-electron chi connectivity index (χ4n) is 3.40. The molecular formula is C19H24O5. The quantitative estimate of drug-likeness (QED) is 0.610. The van der Waals surface area contributed by atoms with Crippen molar-refractivity contribution in [3.8, 4) is 0 Å². The first kappa shape index (κ1) is 17.0. The third kappa shape index (κ3) is 3.32. The van der Waals surface area contributed by atoms with Gasteiger partial charge in [0.05, 0.1) is 5.60 Å². The van der Waals surface area contributed by atoms with Crippen LogP contribution >= 0.6 is 0 Å². The van der Waals surface area contributed by atoms with Gasteiger partial charge >= 0.3 is 5.97 Å². The molecule has 0 fully saturated rings. The minimum atomic E-state index is -1.46. The molecule has 0 saturated heterocycles. The van der Waals surface area contributed by atoms with Gasteiger partial charge in [-0.05, 0) is 50.8 Å². The van der Waals surface area contributed by atoms with Gasteiger partial charge in [0.1, 0.15) is 23.7 Å². The molecule has 1 aromatic rings. The predicted molar refractivity (Wildman–Crippen MR) is 88.1 cm³/mol. The lowest BCUT2D eigenvalue weighted by Crippen LogP contribution is -2.36. The number of furan rings is 1. The number of allylic oxidation sites excluding steroid dienone is 1. The maximum atomic E-state index is 12.0. The van der Waals surface area contributed by atoms with Gasteiger partial charge in [-0.1, -0.05) is 12.2 Å². The summed E-state index contributed by atoms with van der Waals surface area (Å²) >= 11 is 0. The molecule has 24 heavy (non-hydrogen) atoms. The molecule has 0 radical (unpaired) electrons. The van der Waals surface area contributed by atoms with Crippen LogP contribution in [0.1, 0.15) is 50.7 Å². The van der Waals surface area contributed by atoms with Crippen molar-refractivity contribution < 1.29 is 24.2 Å². The van der Waals surface area contributed by atoms with Crippen LogP contribution in [0.3, 0.4) is 0 Å². The molecule has 1 aromatic heterocycles. The fourth-order valence-corrected chi connectivity index (χ4v) is 3.40. The average molecular weight is 332 g/mol. The highest BCUT2D eigenvalue weighted by Crippen LogP contribution is 2.36. The zero-order valence-electron chi connectivity index (χ0n) is 14.1. The van der Waals surface area contributed by atoms with E-state index in [0.717, 1.165) is 17.8 Å². The van der Waals surface area contributed by atoms with Crippen LogP contribution in [0.25, 0.3) is 0 Å². The Labute approximate surface area is 141 Å². The molecule has 5 heteroatoms. The molecule has 130 valence electrons. The van der Waals surface area contributed by atoms with E-state index >= 15 is 0 Å². The van der Waals surface area contributed by atoms with E-state index in [2.05, 4.69) is 6.58 Å². The zero-order chi connectivity index (χ0) is 17.5. The van der Waals surface area contributed by atoms with Crippen LogP contribution in [0.15, 0.2) is 40.4 Å². The van der Waals surface area contributed by atoms with E-state index < -0.39 is 17.8 Å². The highest BCUT2D eigenvalue weighted by atomic mass is 16.5. The molecule has 4 atom stereocenters. The van der Waals surface area contributed by atoms with Gasteiger partial charge in [0.25, 0.3) is 0 Å². The third-order valence-electron chi connectivity index (χ3n) is 4.97. The van der Waals surface area contributed by atoms with Crippen LogP contribution in [0.5, 0.6) is 0 Å². The van der Waals surface area contributed by atoms with E-state index in [1.165, 1.54) is 6.92 Å². The molecular weight excluding hydrogens is 308 g/mol. The Balaban J connectivity index is 1.95. The number of esters is 1. The van der Waals surface area contributed by atoms with Crippen molar-refractivity contribution >= 4 is 5.97 Å². The maximum absolute atomic E-state index is 12.0. The van der Waals surface area contributed by atoms with Crippen LogP contribution in [-0.4, -0.2) is 27.9 Å². The Bertz CT molecular complexity index is 682. The molecule has 3 rings (SSSR count). The van der Waals surface area contributed by atoms with Gasteiger partial charge in [-0.15, -0.1) is 0 Å². The van der Waals surface area contributed by atoms with Gasteiger partial charge in [0.15, 0.2) is 0 Å². The van der Waals surface area contributed by atoms with Crippen molar-refractivity contribution in [2.75, 3.05) is 0 Å². The summed E-state index contributed by atoms with van der Waals surface area (Å²) in [5, 5.41) is 21.1. The van der Waals surface area contributed by atoms with Crippen molar-refractivity contribution in [2.45, 2.75) is 57.3 Å². The number of hydrogen-bond acceptors (Lipinski definition) is 5. The monoisotopic (exact) mass is 332 g/mol. The molecule has 2 aliphatic heterocycles. The Morgan fingerprint density at radius 3 is 2.88 bits per heavy atom. The van der Waals surface area contributed by atoms with Crippen LogP contribution in [0.4, 0.5) is 0 Å². The summed E-state index contributed by atoms with van der Waals surface area (Å²) in [4.78, 5) is 12.0. The van der Waals surface area contributed by atoms with Gasteiger partial charge in [-0.2, -0.15) is 0 Å². The standard InChI is InChI=1S/C19H24O5/c1-11(2)12-4-5-13-9-15(24-18(13)21)10-19(3,22)17(20)16-7-6-14(8-12)23-16/h6-7,9,12,15,17,20,22H,1,4-5,8,10H2,2-3H3/t12-,15-,17+,19-/m1/s1. The van der Waals surface area contributed by atoms with E-state index in [0.29, 0.717) is 24.2 Å². The molecule has 0 amide bonds. The second kappa shape index (κ2) is 6.22. The fraction of sp³-hybridized carbons (Fsp3) is 0.526. The minimum absolute atomic E-state index is 0.114. The number of aliphatic hydroxyl groups excluding tert-OH is 1. The van der Waals surface area contributed by atoms with Crippen molar-refractivity contribution in [1.82, 2.24) is 0 Å². The lowest BCUT2D eigenvalue weighted by atomic mass is 9.88. The molecule has 2 aliphatic rings. The SMILES string of the molecule is C=C(C)[C@@H]1CCC2=C[C@H](C[C@@](C)(O)[C@@H](O)c3ccc(o3)C1)OC2=O. The van der Waals surface area contributed by atoms with Crippen LogP contribution in [0, 0.1) is 5.92 Å². The Hall–Kier alpha value is -1.85. The third-order valence-corrected chi connectivity index (χ3v) is 4.97. The molecule has 5 nitrogen and oxygen atoms in total. The molecule has 2 N–H and O–H groups in total. The number of fused-ring (bicyclic) bond motifs is 3. The Kier molecular flexibility index (Phi) is 4.40. The van der Waals surface area contributed by atoms with E-state index in [4.69, 9.17) is 9.15 Å². The van der Waals surface area contributed by atoms with Crippen molar-refractivity contribution in [2.24, 2.45) is 5.92 Å². The van der Waals surface area contributed by atoms with E-state index in [1.807, 2.05) is 13.0 Å². The topological polar surface area (TPSA) is 79.9 Å². The van der Waals surface area contributed by atoms with Crippen molar-refractivity contribution in [1.29, 1.82) is 0 Å². The normalized spacial score (nSPS) is 33.8. The second-order valence-corrected chi connectivity index (χ2v) is 7.19. The highest BCUT2D eigenvalue weighted by molar-refractivity contribution is 5.90. The molecule has 0 saturated carbocycles. The summed E-state index contributed by atoms with van der Waals surface area (Å²) in [6.07, 6.45) is 2.19. The van der Waals surface area contributed by atoms with Gasteiger partial charge < -0.3 is 19.4 Å². The number of carbonyl (C=O) groups is 1. The van der Waals surface area contributed by atoms with Gasteiger partial charge in [-0.3, -0.25) is 0 Å². The van der Waals surface area contributed by atoms with E-state index in [9.17, 15) is 15.0 Å². The molecule has 3 heterocycles. The molecule has 0 aliphatic carbocycles. The summed E-state index contributed by atoms with van der Waals surface area (Å²) in [6, 6.07) is 3.52. The van der Waals surface area contributed by atoms with E-state index in [1.54, 1.807) is 12.1 Å². The van der Waals surface area contributed by atoms with Gasteiger partial charge in [0, 0.05) is 18.4 Å². The number of aliphatic hydroxyl groups is 2. The second-order valence-electron chi connectivity index (χ2n) is 7.19. The number of ether oxygens (including phenoxy) is 1. The minimum Gasteiger partial charge on any atom is -0.463 e. The number of rotatable bonds is 1. The van der Waals surface area contributed by atoms with E-state index in [-0.39, 0.29) is 18.3 Å². The lowest BCUT2D eigenvalue weighted by Gasteiger charge is -2.29. The number of carbonyl (C=O) groups excluding carboxylic acids is 1. The smallest absolute Gasteiger partial charge is 0.334 e. The first-order valence-corrected chi connectivity index (χ1v) is 8.32. The van der Waals surface area contributed by atoms with Gasteiger partial charge in [0.2, 0.25) is 0 Å².